The molecule has 1 aliphatic rings. The highest BCUT2D eigenvalue weighted by atomic mass is 19.1. The molecule has 2 heterocycles. The van der Waals surface area contributed by atoms with Gasteiger partial charge in [-0.25, -0.2) is 4.79 Å². The SMILES string of the molecule is CCc1ccc(C2CC(CF)CN2Cc2c(OC)cc(C)c3c2ccn3C(=O)OC(C)(C)C)cc1. The van der Waals surface area contributed by atoms with Gasteiger partial charge in [0.1, 0.15) is 11.4 Å². The molecule has 1 aromatic heterocycles. The number of aryl methyl sites for hydroxylation is 2. The summed E-state index contributed by atoms with van der Waals surface area (Å²) < 4.78 is 26.8. The summed E-state index contributed by atoms with van der Waals surface area (Å²) in [6.45, 7) is 10.7. The number of likely N-dealkylation sites (tertiary alicyclic amines) is 1. The summed E-state index contributed by atoms with van der Waals surface area (Å²) in [5, 5.41) is 0.955. The molecule has 1 saturated heterocycles. The van der Waals surface area contributed by atoms with Gasteiger partial charge in [-0.3, -0.25) is 13.9 Å². The van der Waals surface area contributed by atoms with Crippen LogP contribution in [0.2, 0.25) is 0 Å². The molecule has 0 radical (unpaired) electrons. The summed E-state index contributed by atoms with van der Waals surface area (Å²) in [7, 11) is 1.67. The van der Waals surface area contributed by atoms with Crippen LogP contribution in [0.4, 0.5) is 9.18 Å². The summed E-state index contributed by atoms with van der Waals surface area (Å²) in [4.78, 5) is 15.3. The van der Waals surface area contributed by atoms with Crippen LogP contribution in [0.15, 0.2) is 42.6 Å². The monoisotopic (exact) mass is 480 g/mol. The molecule has 0 saturated carbocycles. The molecule has 5 nitrogen and oxygen atoms in total. The number of hydrogen-bond acceptors (Lipinski definition) is 4. The van der Waals surface area contributed by atoms with Gasteiger partial charge in [-0.2, -0.15) is 0 Å². The standard InChI is InChI=1S/C29H37FN2O3/c1-7-20-8-10-22(11-9-20)25-15-21(16-30)17-31(25)18-24-23-12-13-32(28(33)35-29(3,4)5)27(23)19(2)14-26(24)34-6/h8-14,21,25H,7,15-18H2,1-6H3. The van der Waals surface area contributed by atoms with Gasteiger partial charge in [0.25, 0.3) is 0 Å². The first-order valence-electron chi connectivity index (χ1n) is 12.4. The lowest BCUT2D eigenvalue weighted by Crippen LogP contribution is -2.27. The van der Waals surface area contributed by atoms with Crippen LogP contribution in [0.5, 0.6) is 5.75 Å². The lowest BCUT2D eigenvalue weighted by atomic mass is 9.98. The van der Waals surface area contributed by atoms with Crippen LogP contribution in [-0.2, 0) is 17.7 Å². The fraction of sp³-hybridized carbons (Fsp3) is 0.483. The minimum Gasteiger partial charge on any atom is -0.496 e. The van der Waals surface area contributed by atoms with Crippen molar-refractivity contribution in [2.24, 2.45) is 5.92 Å². The van der Waals surface area contributed by atoms with E-state index in [-0.39, 0.29) is 18.6 Å². The maximum Gasteiger partial charge on any atom is 0.419 e. The average molecular weight is 481 g/mol. The zero-order valence-corrected chi connectivity index (χ0v) is 21.7. The molecule has 0 amide bonds. The third-order valence-corrected chi connectivity index (χ3v) is 6.88. The fourth-order valence-corrected chi connectivity index (χ4v) is 5.18. The Hall–Kier alpha value is -2.86. The van der Waals surface area contributed by atoms with Gasteiger partial charge in [-0.15, -0.1) is 0 Å². The number of methoxy groups -OCH3 is 1. The number of benzene rings is 2. The Bertz CT molecular complexity index is 1190. The number of nitrogens with zero attached hydrogens (tertiary/aromatic N) is 2. The van der Waals surface area contributed by atoms with Crippen molar-refractivity contribution in [3.05, 3.63) is 64.8 Å². The number of fused-ring (bicyclic) bond motifs is 1. The number of alkyl halides is 1. The summed E-state index contributed by atoms with van der Waals surface area (Å²) in [5.74, 6) is 0.782. The minimum absolute atomic E-state index is 0.00384. The highest BCUT2D eigenvalue weighted by Gasteiger charge is 2.34. The van der Waals surface area contributed by atoms with Crippen molar-refractivity contribution in [3.8, 4) is 5.75 Å². The molecule has 0 spiro atoms. The van der Waals surface area contributed by atoms with E-state index in [4.69, 9.17) is 9.47 Å². The van der Waals surface area contributed by atoms with Crippen molar-refractivity contribution in [1.29, 1.82) is 0 Å². The first-order chi connectivity index (χ1) is 16.6. The van der Waals surface area contributed by atoms with Gasteiger partial charge in [-0.05, 0) is 69.4 Å². The van der Waals surface area contributed by atoms with Gasteiger partial charge in [0.2, 0.25) is 0 Å². The predicted octanol–water partition coefficient (Wildman–Crippen LogP) is 6.84. The van der Waals surface area contributed by atoms with Gasteiger partial charge < -0.3 is 9.47 Å². The Morgan fingerprint density at radius 3 is 2.49 bits per heavy atom. The molecule has 1 fully saturated rings. The van der Waals surface area contributed by atoms with Crippen molar-refractivity contribution in [1.82, 2.24) is 9.47 Å². The minimum atomic E-state index is -0.589. The number of ether oxygens (including phenoxy) is 2. The lowest BCUT2D eigenvalue weighted by Gasteiger charge is -2.26. The van der Waals surface area contributed by atoms with Crippen molar-refractivity contribution in [3.63, 3.8) is 0 Å². The normalized spacial score (nSPS) is 18.8. The highest BCUT2D eigenvalue weighted by molar-refractivity contribution is 5.95. The quantitative estimate of drug-likeness (QED) is 0.388. The average Bonchev–Trinajstić information content (AvgIpc) is 3.44. The van der Waals surface area contributed by atoms with Gasteiger partial charge in [0, 0.05) is 42.2 Å². The zero-order valence-electron chi connectivity index (χ0n) is 21.7. The van der Waals surface area contributed by atoms with Gasteiger partial charge in [0.05, 0.1) is 19.3 Å². The van der Waals surface area contributed by atoms with E-state index in [2.05, 4.69) is 36.1 Å². The maximum absolute atomic E-state index is 13.8. The van der Waals surface area contributed by atoms with E-state index in [1.165, 1.54) is 11.1 Å². The van der Waals surface area contributed by atoms with E-state index in [0.29, 0.717) is 13.1 Å². The van der Waals surface area contributed by atoms with Crippen LogP contribution < -0.4 is 4.74 Å². The second-order valence-corrected chi connectivity index (χ2v) is 10.6. The van der Waals surface area contributed by atoms with Crippen molar-refractivity contribution < 1.29 is 18.7 Å². The second kappa shape index (κ2) is 10.0. The zero-order chi connectivity index (χ0) is 25.3. The molecule has 3 aromatic rings. The van der Waals surface area contributed by atoms with Crippen molar-refractivity contribution >= 4 is 17.0 Å². The molecular weight excluding hydrogens is 443 g/mol. The molecule has 1 aliphatic heterocycles. The van der Waals surface area contributed by atoms with Crippen LogP contribution in [-0.4, -0.2) is 41.5 Å². The predicted molar refractivity (Wildman–Crippen MR) is 138 cm³/mol. The molecule has 0 N–H and O–H groups in total. The number of carbonyl (C=O) groups is 1. The molecule has 0 aliphatic carbocycles. The molecule has 4 rings (SSSR count). The first-order valence-corrected chi connectivity index (χ1v) is 12.4. The third-order valence-electron chi connectivity index (χ3n) is 6.88. The summed E-state index contributed by atoms with van der Waals surface area (Å²) in [6, 6.07) is 12.8. The number of aromatic nitrogens is 1. The van der Waals surface area contributed by atoms with Gasteiger partial charge in [0.15, 0.2) is 0 Å². The second-order valence-electron chi connectivity index (χ2n) is 10.6. The summed E-state index contributed by atoms with van der Waals surface area (Å²) in [5.41, 5.74) is 4.68. The summed E-state index contributed by atoms with van der Waals surface area (Å²) >= 11 is 0. The Kier molecular flexibility index (Phi) is 7.22. The molecular formula is C29H37FN2O3. The van der Waals surface area contributed by atoms with E-state index in [1.807, 2.05) is 39.8 Å². The van der Waals surface area contributed by atoms with E-state index in [0.717, 1.165) is 40.6 Å². The van der Waals surface area contributed by atoms with E-state index < -0.39 is 11.7 Å². The number of carbonyl (C=O) groups excluding carboxylic acids is 1. The number of halogens is 1. The van der Waals surface area contributed by atoms with E-state index >= 15 is 0 Å². The Morgan fingerprint density at radius 1 is 1.17 bits per heavy atom. The van der Waals surface area contributed by atoms with E-state index in [9.17, 15) is 9.18 Å². The van der Waals surface area contributed by atoms with Crippen LogP contribution in [0.3, 0.4) is 0 Å². The molecule has 2 unspecified atom stereocenters. The molecule has 35 heavy (non-hydrogen) atoms. The Labute approximate surface area is 207 Å². The maximum atomic E-state index is 13.8. The molecule has 0 bridgehead atoms. The molecule has 2 atom stereocenters. The first kappa shape index (κ1) is 25.2. The third kappa shape index (κ3) is 5.22. The molecule has 2 aromatic carbocycles. The molecule has 188 valence electrons. The van der Waals surface area contributed by atoms with Crippen LogP contribution in [0, 0.1) is 12.8 Å². The Morgan fingerprint density at radius 2 is 1.89 bits per heavy atom. The van der Waals surface area contributed by atoms with Gasteiger partial charge >= 0.3 is 6.09 Å². The highest BCUT2D eigenvalue weighted by Crippen LogP contribution is 2.40. The number of rotatable bonds is 6. The molecule has 6 heteroatoms. The van der Waals surface area contributed by atoms with Crippen LogP contribution >= 0.6 is 0 Å². The number of hydrogen-bond donors (Lipinski definition) is 0. The van der Waals surface area contributed by atoms with Crippen LogP contribution in [0.25, 0.3) is 10.9 Å². The lowest BCUT2D eigenvalue weighted by molar-refractivity contribution is 0.0544. The Balaban J connectivity index is 1.73. The van der Waals surface area contributed by atoms with Crippen LogP contribution in [0.1, 0.15) is 62.4 Å². The topological polar surface area (TPSA) is 43.7 Å². The van der Waals surface area contributed by atoms with Gasteiger partial charge in [-0.1, -0.05) is 31.2 Å². The van der Waals surface area contributed by atoms with E-state index in [1.54, 1.807) is 17.9 Å². The largest absolute Gasteiger partial charge is 0.496 e. The summed E-state index contributed by atoms with van der Waals surface area (Å²) in [6.07, 6.45) is 3.15. The van der Waals surface area contributed by atoms with Crippen molar-refractivity contribution in [2.75, 3.05) is 20.3 Å². The fourth-order valence-electron chi connectivity index (χ4n) is 5.18. The smallest absolute Gasteiger partial charge is 0.419 e. The van der Waals surface area contributed by atoms with Crippen molar-refractivity contribution in [2.45, 2.75) is 65.6 Å².